The second-order valence-electron chi connectivity index (χ2n) is 3.81. The van der Waals surface area contributed by atoms with Gasteiger partial charge in [0.2, 0.25) is 6.41 Å². The maximum absolute atomic E-state index is 12.6. The summed E-state index contributed by atoms with van der Waals surface area (Å²) in [6, 6.07) is -0.285. The summed E-state index contributed by atoms with van der Waals surface area (Å²) in [5.74, 6) is 0. The van der Waals surface area contributed by atoms with Crippen LogP contribution in [0, 0.1) is 0 Å². The molecule has 0 aromatic heterocycles. The van der Waals surface area contributed by atoms with Crippen LogP contribution in [0.15, 0.2) is 23.3 Å². The number of carbonyl (C=O) groups is 1. The van der Waals surface area contributed by atoms with Gasteiger partial charge in [-0.25, -0.2) is 0 Å². The lowest BCUT2D eigenvalue weighted by Crippen LogP contribution is -2.27. The van der Waals surface area contributed by atoms with Crippen LogP contribution in [-0.2, 0) is 4.79 Å². The van der Waals surface area contributed by atoms with Gasteiger partial charge in [-0.3, -0.25) is 4.79 Å². The van der Waals surface area contributed by atoms with E-state index in [2.05, 4.69) is 5.32 Å². The van der Waals surface area contributed by atoms with E-state index in [-0.39, 0.29) is 18.0 Å². The number of hydrogen-bond donors (Lipinski definition) is 1. The van der Waals surface area contributed by atoms with Gasteiger partial charge in [0.05, 0.1) is 5.57 Å². The minimum absolute atomic E-state index is 0.212. The van der Waals surface area contributed by atoms with E-state index in [1.807, 2.05) is 0 Å². The van der Waals surface area contributed by atoms with Crippen molar-refractivity contribution in [3.8, 4) is 0 Å². The molecule has 1 unspecified atom stereocenters. The first-order valence-electron chi connectivity index (χ1n) is 5.11. The lowest BCUT2D eigenvalue weighted by atomic mass is 9.92. The Hall–Kier alpha value is -1.26. The molecule has 90 valence electrons. The summed E-state index contributed by atoms with van der Waals surface area (Å²) in [7, 11) is 0. The molecular formula is C11H14F3NO. The first-order valence-corrected chi connectivity index (χ1v) is 5.11. The molecule has 5 heteroatoms. The van der Waals surface area contributed by atoms with Crippen molar-refractivity contribution in [1.29, 1.82) is 0 Å². The first kappa shape index (κ1) is 12.8. The normalized spacial score (nSPS) is 18.5. The number of hydrogen-bond acceptors (Lipinski definition) is 1. The van der Waals surface area contributed by atoms with Gasteiger partial charge >= 0.3 is 6.18 Å². The zero-order chi connectivity index (χ0) is 12.2. The Balaban J connectivity index is 2.74. The molecule has 16 heavy (non-hydrogen) atoms. The van der Waals surface area contributed by atoms with Crippen LogP contribution in [0.5, 0.6) is 0 Å². The maximum Gasteiger partial charge on any atom is 0.416 e. The number of amides is 1. The molecule has 1 aliphatic rings. The van der Waals surface area contributed by atoms with Crippen LogP contribution in [0.1, 0.15) is 26.2 Å². The van der Waals surface area contributed by atoms with Gasteiger partial charge in [0.25, 0.3) is 0 Å². The summed E-state index contributed by atoms with van der Waals surface area (Å²) in [5, 5.41) is 2.45. The van der Waals surface area contributed by atoms with E-state index >= 15 is 0 Å². The van der Waals surface area contributed by atoms with Gasteiger partial charge in [-0.15, -0.1) is 0 Å². The van der Waals surface area contributed by atoms with Crippen LogP contribution in [0.2, 0.25) is 0 Å². The Morgan fingerprint density at radius 3 is 2.62 bits per heavy atom. The summed E-state index contributed by atoms with van der Waals surface area (Å²) in [6.45, 7) is 1.68. The molecule has 0 radical (unpaired) electrons. The minimum atomic E-state index is -4.30. The van der Waals surface area contributed by atoms with Crippen molar-refractivity contribution in [3.63, 3.8) is 0 Å². The van der Waals surface area contributed by atoms with Crippen molar-refractivity contribution in [2.75, 3.05) is 0 Å². The molecule has 0 spiro atoms. The van der Waals surface area contributed by atoms with Crippen molar-refractivity contribution in [2.24, 2.45) is 0 Å². The fourth-order valence-corrected chi connectivity index (χ4v) is 1.72. The second kappa shape index (κ2) is 5.18. The highest BCUT2D eigenvalue weighted by Gasteiger charge is 2.36. The van der Waals surface area contributed by atoms with Gasteiger partial charge < -0.3 is 5.32 Å². The summed E-state index contributed by atoms with van der Waals surface area (Å²) >= 11 is 0. The van der Waals surface area contributed by atoms with Gasteiger partial charge in [0.1, 0.15) is 0 Å². The molecule has 0 saturated carbocycles. The Morgan fingerprint density at radius 1 is 1.44 bits per heavy atom. The van der Waals surface area contributed by atoms with Crippen molar-refractivity contribution in [3.05, 3.63) is 23.3 Å². The van der Waals surface area contributed by atoms with Crippen LogP contribution < -0.4 is 5.32 Å². The quantitative estimate of drug-likeness (QED) is 0.743. The smallest absolute Gasteiger partial charge is 0.356 e. The van der Waals surface area contributed by atoms with Crippen molar-refractivity contribution < 1.29 is 18.0 Å². The molecule has 0 aromatic carbocycles. The standard InChI is InChI=1S/C11H14F3NO/c1-8(15-7-16)6-9-4-2-3-5-10(9)11(12,13)14/h4-5,7-8H,2-3,6H2,1H3,(H,15,16). The van der Waals surface area contributed by atoms with E-state index in [1.54, 1.807) is 13.0 Å². The van der Waals surface area contributed by atoms with Crippen molar-refractivity contribution >= 4 is 6.41 Å². The van der Waals surface area contributed by atoms with Gasteiger partial charge in [-0.1, -0.05) is 12.2 Å². The van der Waals surface area contributed by atoms with E-state index < -0.39 is 11.7 Å². The highest BCUT2D eigenvalue weighted by molar-refractivity contribution is 5.47. The second-order valence-corrected chi connectivity index (χ2v) is 3.81. The Labute approximate surface area is 92.2 Å². The molecule has 2 nitrogen and oxygen atoms in total. The third kappa shape index (κ3) is 3.40. The van der Waals surface area contributed by atoms with Crippen LogP contribution in [0.25, 0.3) is 0 Å². The predicted molar refractivity (Wildman–Crippen MR) is 54.7 cm³/mol. The average Bonchev–Trinajstić information content (AvgIpc) is 2.17. The predicted octanol–water partition coefficient (Wildman–Crippen LogP) is 2.72. The largest absolute Gasteiger partial charge is 0.416 e. The fraction of sp³-hybridized carbons (Fsp3) is 0.545. The highest BCUT2D eigenvalue weighted by atomic mass is 19.4. The number of allylic oxidation sites excluding steroid dienone is 3. The Morgan fingerprint density at radius 2 is 2.06 bits per heavy atom. The van der Waals surface area contributed by atoms with Crippen LogP contribution in [-0.4, -0.2) is 18.6 Å². The number of halogens is 3. The Kier molecular flexibility index (Phi) is 4.15. The molecule has 1 rings (SSSR count). The van der Waals surface area contributed by atoms with E-state index in [0.717, 1.165) is 0 Å². The van der Waals surface area contributed by atoms with E-state index in [9.17, 15) is 18.0 Å². The molecule has 1 amide bonds. The van der Waals surface area contributed by atoms with Crippen molar-refractivity contribution in [1.82, 2.24) is 5.32 Å². The lowest BCUT2D eigenvalue weighted by molar-refractivity contribution is -0.110. The minimum Gasteiger partial charge on any atom is -0.356 e. The van der Waals surface area contributed by atoms with Gasteiger partial charge in [0, 0.05) is 6.04 Å². The summed E-state index contributed by atoms with van der Waals surface area (Å²) < 4.78 is 37.9. The molecule has 1 N–H and O–H groups in total. The van der Waals surface area contributed by atoms with Gasteiger partial charge in [-0.05, 0) is 31.8 Å². The SMILES string of the molecule is CC(CC1=CCCC=C1C(F)(F)F)NC=O. The molecule has 0 bridgehead atoms. The lowest BCUT2D eigenvalue weighted by Gasteiger charge is -2.21. The number of rotatable bonds is 4. The van der Waals surface area contributed by atoms with Gasteiger partial charge in [-0.2, -0.15) is 13.2 Å². The number of alkyl halides is 3. The summed E-state index contributed by atoms with van der Waals surface area (Å²) in [5.41, 5.74) is -0.279. The number of nitrogens with one attached hydrogen (secondary N) is 1. The van der Waals surface area contributed by atoms with Gasteiger partial charge in [0.15, 0.2) is 0 Å². The molecule has 0 aliphatic heterocycles. The molecule has 0 saturated heterocycles. The topological polar surface area (TPSA) is 29.1 Å². The van der Waals surface area contributed by atoms with Crippen LogP contribution in [0.4, 0.5) is 13.2 Å². The first-order chi connectivity index (χ1) is 7.45. The van der Waals surface area contributed by atoms with Crippen LogP contribution >= 0.6 is 0 Å². The third-order valence-electron chi connectivity index (χ3n) is 2.44. The molecule has 0 heterocycles. The highest BCUT2D eigenvalue weighted by Crippen LogP contribution is 2.36. The van der Waals surface area contributed by atoms with Crippen LogP contribution in [0.3, 0.4) is 0 Å². The van der Waals surface area contributed by atoms with E-state index in [0.29, 0.717) is 19.3 Å². The molecule has 1 aliphatic carbocycles. The summed E-state index contributed by atoms with van der Waals surface area (Å²) in [6.07, 6.45) is 0.299. The molecule has 1 atom stereocenters. The molecule has 0 fully saturated rings. The third-order valence-corrected chi connectivity index (χ3v) is 2.44. The molecular weight excluding hydrogens is 219 g/mol. The maximum atomic E-state index is 12.6. The fourth-order valence-electron chi connectivity index (χ4n) is 1.72. The zero-order valence-corrected chi connectivity index (χ0v) is 8.97. The Bertz CT molecular complexity index is 318. The van der Waals surface area contributed by atoms with E-state index in [1.165, 1.54) is 6.08 Å². The van der Waals surface area contributed by atoms with Crippen molar-refractivity contribution in [2.45, 2.75) is 38.4 Å². The monoisotopic (exact) mass is 233 g/mol. The number of carbonyl (C=O) groups excluding carboxylic acids is 1. The summed E-state index contributed by atoms with van der Waals surface area (Å²) in [4.78, 5) is 10.2. The molecule has 0 aromatic rings. The van der Waals surface area contributed by atoms with E-state index in [4.69, 9.17) is 0 Å². The average molecular weight is 233 g/mol. The zero-order valence-electron chi connectivity index (χ0n) is 8.97.